The van der Waals surface area contributed by atoms with Crippen molar-refractivity contribution in [3.05, 3.63) is 59.9 Å². The molecule has 1 N–H and O–H groups in total. The SMILES string of the molecule is O=C(N[C@H]1CCO[C@@H]1c1cccnc1)C1COc2ccccc21. The summed E-state index contributed by atoms with van der Waals surface area (Å²) in [6.07, 6.45) is 4.20. The molecule has 4 rings (SSSR count). The second kappa shape index (κ2) is 6.01. The first-order valence-corrected chi connectivity index (χ1v) is 7.86. The van der Waals surface area contributed by atoms with E-state index in [4.69, 9.17) is 9.47 Å². The number of nitrogens with zero attached hydrogens (tertiary/aromatic N) is 1. The van der Waals surface area contributed by atoms with Crippen LogP contribution < -0.4 is 10.1 Å². The molecule has 0 bridgehead atoms. The molecule has 118 valence electrons. The minimum atomic E-state index is -0.249. The summed E-state index contributed by atoms with van der Waals surface area (Å²) in [4.78, 5) is 16.8. The largest absolute Gasteiger partial charge is 0.492 e. The average molecular weight is 310 g/mol. The molecule has 1 unspecified atom stereocenters. The molecule has 1 aromatic heterocycles. The Hall–Kier alpha value is -2.40. The van der Waals surface area contributed by atoms with E-state index in [1.165, 1.54) is 0 Å². The van der Waals surface area contributed by atoms with E-state index in [9.17, 15) is 4.79 Å². The first-order valence-electron chi connectivity index (χ1n) is 7.86. The standard InChI is InChI=1S/C18H18N2O3/c21-18(14-11-23-16-6-2-1-5-13(14)16)20-15-7-9-22-17(15)12-4-3-8-19-10-12/h1-6,8,10,14-15,17H,7,9,11H2,(H,20,21)/t14?,15-,17+/m0/s1. The second-order valence-electron chi connectivity index (χ2n) is 5.88. The van der Waals surface area contributed by atoms with Gasteiger partial charge >= 0.3 is 0 Å². The van der Waals surface area contributed by atoms with Crippen LogP contribution in [0.15, 0.2) is 48.8 Å². The molecular formula is C18H18N2O3. The van der Waals surface area contributed by atoms with Crippen LogP contribution in [0.25, 0.3) is 0 Å². The monoisotopic (exact) mass is 310 g/mol. The van der Waals surface area contributed by atoms with Crippen LogP contribution in [0.4, 0.5) is 0 Å². The van der Waals surface area contributed by atoms with Crippen LogP contribution in [-0.4, -0.2) is 30.1 Å². The number of nitrogens with one attached hydrogen (secondary N) is 1. The van der Waals surface area contributed by atoms with Crippen molar-refractivity contribution in [2.45, 2.75) is 24.5 Å². The van der Waals surface area contributed by atoms with Crippen LogP contribution in [-0.2, 0) is 9.53 Å². The molecule has 0 radical (unpaired) electrons. The van der Waals surface area contributed by atoms with E-state index in [1.54, 1.807) is 12.4 Å². The normalized spacial score (nSPS) is 25.7. The topological polar surface area (TPSA) is 60.5 Å². The number of hydrogen-bond donors (Lipinski definition) is 1. The highest BCUT2D eigenvalue weighted by Crippen LogP contribution is 2.35. The Bertz CT molecular complexity index is 704. The van der Waals surface area contributed by atoms with Crippen molar-refractivity contribution in [1.29, 1.82) is 0 Å². The molecule has 2 aliphatic rings. The number of amides is 1. The molecule has 0 saturated carbocycles. The molecule has 0 aliphatic carbocycles. The van der Waals surface area contributed by atoms with Crippen LogP contribution in [0.3, 0.4) is 0 Å². The van der Waals surface area contributed by atoms with E-state index in [-0.39, 0.29) is 24.0 Å². The zero-order valence-corrected chi connectivity index (χ0v) is 12.6. The third-order valence-corrected chi connectivity index (χ3v) is 4.45. The second-order valence-corrected chi connectivity index (χ2v) is 5.88. The number of rotatable bonds is 3. The molecule has 3 atom stereocenters. The zero-order chi connectivity index (χ0) is 15.6. The highest BCUT2D eigenvalue weighted by Gasteiger charge is 2.35. The first kappa shape index (κ1) is 14.2. The predicted octanol–water partition coefficient (Wildman–Crippen LogP) is 2.20. The van der Waals surface area contributed by atoms with Gasteiger partial charge in [-0.05, 0) is 18.6 Å². The van der Waals surface area contributed by atoms with Crippen molar-refractivity contribution in [1.82, 2.24) is 10.3 Å². The van der Waals surface area contributed by atoms with Gasteiger partial charge in [0, 0.05) is 30.1 Å². The maximum absolute atomic E-state index is 12.7. The molecule has 3 heterocycles. The lowest BCUT2D eigenvalue weighted by molar-refractivity contribution is -0.123. The maximum atomic E-state index is 12.7. The minimum absolute atomic E-state index is 0.000611. The summed E-state index contributed by atoms with van der Waals surface area (Å²) in [6.45, 7) is 1.04. The summed E-state index contributed by atoms with van der Waals surface area (Å²) in [5.74, 6) is 0.555. The maximum Gasteiger partial charge on any atom is 0.231 e. The number of carbonyl (C=O) groups excluding carboxylic acids is 1. The molecule has 5 heteroatoms. The highest BCUT2D eigenvalue weighted by molar-refractivity contribution is 5.85. The first-order chi connectivity index (χ1) is 11.3. The summed E-state index contributed by atoms with van der Waals surface area (Å²) in [6, 6.07) is 11.6. The number of benzene rings is 1. The molecule has 1 amide bonds. The molecule has 2 aliphatic heterocycles. The Morgan fingerprint density at radius 2 is 2.13 bits per heavy atom. The molecule has 1 fully saturated rings. The van der Waals surface area contributed by atoms with E-state index in [2.05, 4.69) is 10.3 Å². The van der Waals surface area contributed by atoms with Gasteiger partial charge in [-0.25, -0.2) is 0 Å². The number of hydrogen-bond acceptors (Lipinski definition) is 4. The van der Waals surface area contributed by atoms with Crippen LogP contribution in [0.2, 0.25) is 0 Å². The van der Waals surface area contributed by atoms with Gasteiger partial charge in [-0.15, -0.1) is 0 Å². The van der Waals surface area contributed by atoms with E-state index in [0.29, 0.717) is 13.2 Å². The molecule has 0 spiro atoms. The van der Waals surface area contributed by atoms with Crippen molar-refractivity contribution in [3.63, 3.8) is 0 Å². The molecular weight excluding hydrogens is 292 g/mol. The van der Waals surface area contributed by atoms with Crippen molar-refractivity contribution in [2.24, 2.45) is 0 Å². The molecule has 2 aromatic rings. The van der Waals surface area contributed by atoms with Crippen LogP contribution >= 0.6 is 0 Å². The molecule has 1 saturated heterocycles. The molecule has 5 nitrogen and oxygen atoms in total. The lowest BCUT2D eigenvalue weighted by Crippen LogP contribution is -2.40. The number of aromatic nitrogens is 1. The number of ether oxygens (including phenoxy) is 2. The Morgan fingerprint density at radius 3 is 3.00 bits per heavy atom. The van der Waals surface area contributed by atoms with Gasteiger partial charge in [0.1, 0.15) is 24.4 Å². The van der Waals surface area contributed by atoms with Gasteiger partial charge in [0.15, 0.2) is 0 Å². The highest BCUT2D eigenvalue weighted by atomic mass is 16.5. The smallest absolute Gasteiger partial charge is 0.231 e. The van der Waals surface area contributed by atoms with Crippen LogP contribution in [0.5, 0.6) is 5.75 Å². The lowest BCUT2D eigenvalue weighted by atomic mass is 9.98. The Labute approximate surface area is 134 Å². The Morgan fingerprint density at radius 1 is 1.22 bits per heavy atom. The van der Waals surface area contributed by atoms with Gasteiger partial charge in [-0.1, -0.05) is 24.3 Å². The van der Waals surface area contributed by atoms with Gasteiger partial charge < -0.3 is 14.8 Å². The van der Waals surface area contributed by atoms with E-state index in [1.807, 2.05) is 36.4 Å². The van der Waals surface area contributed by atoms with Crippen LogP contribution in [0, 0.1) is 0 Å². The van der Waals surface area contributed by atoms with Crippen molar-refractivity contribution in [3.8, 4) is 5.75 Å². The Kier molecular flexibility index (Phi) is 3.71. The van der Waals surface area contributed by atoms with Crippen molar-refractivity contribution >= 4 is 5.91 Å². The average Bonchev–Trinajstić information content (AvgIpc) is 3.22. The fourth-order valence-electron chi connectivity index (χ4n) is 3.27. The number of pyridine rings is 1. The summed E-state index contributed by atoms with van der Waals surface area (Å²) in [5, 5.41) is 3.14. The third kappa shape index (κ3) is 2.68. The van der Waals surface area contributed by atoms with Crippen LogP contribution in [0.1, 0.15) is 29.6 Å². The van der Waals surface area contributed by atoms with E-state index in [0.717, 1.165) is 23.3 Å². The van der Waals surface area contributed by atoms with E-state index < -0.39 is 0 Å². The van der Waals surface area contributed by atoms with Gasteiger partial charge in [-0.3, -0.25) is 9.78 Å². The summed E-state index contributed by atoms with van der Waals surface area (Å²) < 4.78 is 11.4. The quantitative estimate of drug-likeness (QED) is 0.944. The van der Waals surface area contributed by atoms with Crippen molar-refractivity contribution < 1.29 is 14.3 Å². The summed E-state index contributed by atoms with van der Waals surface area (Å²) in [7, 11) is 0. The van der Waals surface area contributed by atoms with E-state index >= 15 is 0 Å². The third-order valence-electron chi connectivity index (χ3n) is 4.45. The summed E-state index contributed by atoms with van der Waals surface area (Å²) >= 11 is 0. The molecule has 23 heavy (non-hydrogen) atoms. The molecule has 1 aromatic carbocycles. The lowest BCUT2D eigenvalue weighted by Gasteiger charge is -2.21. The number of fused-ring (bicyclic) bond motifs is 1. The fraction of sp³-hybridized carbons (Fsp3) is 0.333. The minimum Gasteiger partial charge on any atom is -0.492 e. The number of para-hydroxylation sites is 1. The van der Waals surface area contributed by atoms with Crippen molar-refractivity contribution in [2.75, 3.05) is 13.2 Å². The fourth-order valence-corrected chi connectivity index (χ4v) is 3.27. The van der Waals surface area contributed by atoms with Gasteiger partial charge in [0.25, 0.3) is 0 Å². The van der Waals surface area contributed by atoms with Gasteiger partial charge in [0.05, 0.1) is 6.04 Å². The number of carbonyl (C=O) groups is 1. The zero-order valence-electron chi connectivity index (χ0n) is 12.6. The van der Waals surface area contributed by atoms with Gasteiger partial charge in [-0.2, -0.15) is 0 Å². The summed E-state index contributed by atoms with van der Waals surface area (Å²) in [5.41, 5.74) is 1.96. The Balaban J connectivity index is 1.49. The van der Waals surface area contributed by atoms with Gasteiger partial charge in [0.2, 0.25) is 5.91 Å². The predicted molar refractivity (Wildman–Crippen MR) is 84.2 cm³/mol.